The Labute approximate surface area is 184 Å². The predicted octanol–water partition coefficient (Wildman–Crippen LogP) is 4.05. The summed E-state index contributed by atoms with van der Waals surface area (Å²) in [6.45, 7) is 6.08. The zero-order valence-corrected chi connectivity index (χ0v) is 19.0. The van der Waals surface area contributed by atoms with Crippen molar-refractivity contribution in [3.63, 3.8) is 0 Å². The largest absolute Gasteiger partial charge is 0.490 e. The zero-order valence-electron chi connectivity index (χ0n) is 18.2. The molecule has 0 spiro atoms. The third kappa shape index (κ3) is 5.57. The van der Waals surface area contributed by atoms with Crippen LogP contribution in [0, 0.1) is 0 Å². The van der Waals surface area contributed by atoms with E-state index in [4.69, 9.17) is 9.47 Å². The first kappa shape index (κ1) is 23.1. The van der Waals surface area contributed by atoms with Crippen molar-refractivity contribution in [3.8, 4) is 11.5 Å². The number of sulfonamides is 1. The highest BCUT2D eigenvalue weighted by Crippen LogP contribution is 2.30. The van der Waals surface area contributed by atoms with E-state index in [1.807, 2.05) is 26.8 Å². The molecule has 0 saturated carbocycles. The molecule has 1 saturated heterocycles. The molecule has 1 N–H and O–H groups in total. The molecule has 2 aromatic rings. The first-order chi connectivity index (χ1) is 14.8. The van der Waals surface area contributed by atoms with E-state index in [-0.39, 0.29) is 29.5 Å². The van der Waals surface area contributed by atoms with Crippen LogP contribution in [0.25, 0.3) is 0 Å². The predicted molar refractivity (Wildman–Crippen MR) is 120 cm³/mol. The van der Waals surface area contributed by atoms with Crippen LogP contribution in [0.5, 0.6) is 11.5 Å². The second kappa shape index (κ2) is 10.2. The maximum atomic E-state index is 13.1. The van der Waals surface area contributed by atoms with Gasteiger partial charge in [-0.25, -0.2) is 8.42 Å². The number of nitrogens with zero attached hydrogens (tertiary/aromatic N) is 1. The van der Waals surface area contributed by atoms with E-state index in [2.05, 4.69) is 5.32 Å². The van der Waals surface area contributed by atoms with Crippen molar-refractivity contribution in [1.82, 2.24) is 4.31 Å². The number of hydrogen-bond acceptors (Lipinski definition) is 5. The van der Waals surface area contributed by atoms with E-state index in [9.17, 15) is 13.2 Å². The Morgan fingerprint density at radius 1 is 1.00 bits per heavy atom. The van der Waals surface area contributed by atoms with Gasteiger partial charge in [0.2, 0.25) is 10.0 Å². The van der Waals surface area contributed by atoms with Crippen molar-refractivity contribution in [3.05, 3.63) is 48.5 Å². The number of benzene rings is 2. The highest BCUT2D eigenvalue weighted by molar-refractivity contribution is 7.89. The first-order valence-corrected chi connectivity index (χ1v) is 12.0. The second-order valence-electron chi connectivity index (χ2n) is 7.70. The molecule has 2 unspecified atom stereocenters. The Morgan fingerprint density at radius 3 is 2.16 bits per heavy atom. The fourth-order valence-corrected chi connectivity index (χ4v) is 5.77. The van der Waals surface area contributed by atoms with Crippen molar-refractivity contribution in [2.75, 3.05) is 18.5 Å². The maximum Gasteiger partial charge on any atom is 0.262 e. The van der Waals surface area contributed by atoms with Crippen molar-refractivity contribution in [2.24, 2.45) is 0 Å². The first-order valence-electron chi connectivity index (χ1n) is 10.6. The van der Waals surface area contributed by atoms with Gasteiger partial charge in [0.1, 0.15) is 0 Å². The van der Waals surface area contributed by atoms with Crippen LogP contribution < -0.4 is 14.8 Å². The van der Waals surface area contributed by atoms with E-state index in [1.165, 1.54) is 12.1 Å². The van der Waals surface area contributed by atoms with Crippen LogP contribution >= 0.6 is 0 Å². The van der Waals surface area contributed by atoms with E-state index in [0.29, 0.717) is 23.8 Å². The molecular weight excluding hydrogens is 416 g/mol. The molecule has 1 heterocycles. The third-order valence-corrected chi connectivity index (χ3v) is 7.48. The second-order valence-corrected chi connectivity index (χ2v) is 9.55. The third-order valence-electron chi connectivity index (χ3n) is 5.33. The molecule has 1 amide bonds. The van der Waals surface area contributed by atoms with Crippen molar-refractivity contribution < 1.29 is 22.7 Å². The summed E-state index contributed by atoms with van der Waals surface area (Å²) in [6, 6.07) is 13.4. The molecule has 2 atom stereocenters. The molecule has 8 heteroatoms. The summed E-state index contributed by atoms with van der Waals surface area (Å²) in [4.78, 5) is 12.5. The molecule has 1 fully saturated rings. The molecule has 31 heavy (non-hydrogen) atoms. The van der Waals surface area contributed by atoms with Crippen LogP contribution in [0.2, 0.25) is 0 Å². The van der Waals surface area contributed by atoms with Gasteiger partial charge < -0.3 is 14.8 Å². The molecule has 2 aromatic carbocycles. The number of para-hydroxylation sites is 2. The molecule has 0 bridgehead atoms. The summed E-state index contributed by atoms with van der Waals surface area (Å²) in [6.07, 6.45) is 2.77. The minimum atomic E-state index is -3.58. The van der Waals surface area contributed by atoms with Crippen LogP contribution in [-0.4, -0.2) is 43.9 Å². The summed E-state index contributed by atoms with van der Waals surface area (Å²) in [5.74, 6) is 0.722. The van der Waals surface area contributed by atoms with Gasteiger partial charge in [0, 0.05) is 17.8 Å². The van der Waals surface area contributed by atoms with Gasteiger partial charge in [0.15, 0.2) is 18.1 Å². The number of anilines is 1. The topological polar surface area (TPSA) is 84.9 Å². The standard InChI is InChI=1S/C23H30N2O5S/c1-4-29-21-10-5-6-11-22(21)30-16-23(26)24-19-12-14-20(15-13-19)31(27,28)25-17(2)8-7-9-18(25)3/h5-6,10-15,17-18H,4,7-9,16H2,1-3H3,(H,24,26). The molecule has 1 aliphatic rings. The number of ether oxygens (including phenoxy) is 2. The molecule has 0 radical (unpaired) electrons. The fraction of sp³-hybridized carbons (Fsp3) is 0.435. The van der Waals surface area contributed by atoms with Gasteiger partial charge in [0.05, 0.1) is 11.5 Å². The number of piperidine rings is 1. The number of carbonyl (C=O) groups is 1. The molecule has 7 nitrogen and oxygen atoms in total. The van der Waals surface area contributed by atoms with E-state index in [0.717, 1.165) is 19.3 Å². The highest BCUT2D eigenvalue weighted by atomic mass is 32.2. The Morgan fingerprint density at radius 2 is 1.58 bits per heavy atom. The molecular formula is C23H30N2O5S. The van der Waals surface area contributed by atoms with Crippen LogP contribution in [0.4, 0.5) is 5.69 Å². The van der Waals surface area contributed by atoms with Crippen molar-refractivity contribution >= 4 is 21.6 Å². The fourth-order valence-electron chi connectivity index (χ4n) is 3.89. The van der Waals surface area contributed by atoms with Gasteiger partial charge in [-0.3, -0.25) is 4.79 Å². The van der Waals surface area contributed by atoms with Gasteiger partial charge in [-0.15, -0.1) is 0 Å². The average molecular weight is 447 g/mol. The molecule has 168 valence electrons. The lowest BCUT2D eigenvalue weighted by Crippen LogP contribution is -2.47. The summed E-state index contributed by atoms with van der Waals surface area (Å²) < 4.78 is 38.8. The number of hydrogen-bond donors (Lipinski definition) is 1. The highest BCUT2D eigenvalue weighted by Gasteiger charge is 2.35. The van der Waals surface area contributed by atoms with Crippen LogP contribution in [0.1, 0.15) is 40.0 Å². The van der Waals surface area contributed by atoms with Gasteiger partial charge in [0.25, 0.3) is 5.91 Å². The Balaban J connectivity index is 1.62. The van der Waals surface area contributed by atoms with Crippen molar-refractivity contribution in [2.45, 2.75) is 57.0 Å². The summed E-state index contributed by atoms with van der Waals surface area (Å²) in [5, 5.41) is 2.73. The van der Waals surface area contributed by atoms with Crippen LogP contribution in [0.3, 0.4) is 0 Å². The monoisotopic (exact) mass is 446 g/mol. The lowest BCUT2D eigenvalue weighted by atomic mass is 10.0. The van der Waals surface area contributed by atoms with Crippen LogP contribution in [0.15, 0.2) is 53.4 Å². The van der Waals surface area contributed by atoms with E-state index < -0.39 is 10.0 Å². The molecule has 3 rings (SSSR count). The van der Waals surface area contributed by atoms with Gasteiger partial charge >= 0.3 is 0 Å². The Kier molecular flexibility index (Phi) is 7.56. The number of nitrogens with one attached hydrogen (secondary N) is 1. The number of carbonyl (C=O) groups excluding carboxylic acids is 1. The van der Waals surface area contributed by atoms with Gasteiger partial charge in [-0.05, 0) is 70.0 Å². The lowest BCUT2D eigenvalue weighted by Gasteiger charge is -2.37. The minimum Gasteiger partial charge on any atom is -0.490 e. The maximum absolute atomic E-state index is 13.1. The zero-order chi connectivity index (χ0) is 22.4. The quantitative estimate of drug-likeness (QED) is 0.661. The van der Waals surface area contributed by atoms with E-state index >= 15 is 0 Å². The lowest BCUT2D eigenvalue weighted by molar-refractivity contribution is -0.118. The molecule has 1 aliphatic heterocycles. The summed E-state index contributed by atoms with van der Waals surface area (Å²) >= 11 is 0. The van der Waals surface area contributed by atoms with Gasteiger partial charge in [-0.2, -0.15) is 4.31 Å². The summed E-state index contributed by atoms with van der Waals surface area (Å²) in [5.41, 5.74) is 0.505. The SMILES string of the molecule is CCOc1ccccc1OCC(=O)Nc1ccc(S(=O)(=O)N2C(C)CCCC2C)cc1. The van der Waals surface area contributed by atoms with E-state index in [1.54, 1.807) is 34.6 Å². The molecule has 0 aliphatic carbocycles. The minimum absolute atomic E-state index is 0.0233. The van der Waals surface area contributed by atoms with Crippen molar-refractivity contribution in [1.29, 1.82) is 0 Å². The Bertz CT molecular complexity index is 981. The average Bonchev–Trinajstić information content (AvgIpc) is 2.73. The van der Waals surface area contributed by atoms with Gasteiger partial charge in [-0.1, -0.05) is 18.6 Å². The Hall–Kier alpha value is -2.58. The number of rotatable bonds is 8. The van der Waals surface area contributed by atoms with Crippen LogP contribution in [-0.2, 0) is 14.8 Å². The smallest absolute Gasteiger partial charge is 0.262 e. The number of amides is 1. The molecule has 0 aromatic heterocycles. The normalized spacial score (nSPS) is 19.6. The summed E-state index contributed by atoms with van der Waals surface area (Å²) in [7, 11) is -3.58.